The van der Waals surface area contributed by atoms with Gasteiger partial charge in [-0.1, -0.05) is 37.6 Å². The zero-order valence-electron chi connectivity index (χ0n) is 15.4. The highest BCUT2D eigenvalue weighted by atomic mass is 35.5. The Hall–Kier alpha value is -1.56. The first-order chi connectivity index (χ1) is 12.3. The fourth-order valence-electron chi connectivity index (χ4n) is 3.32. The van der Waals surface area contributed by atoms with Crippen LogP contribution in [0.5, 0.6) is 0 Å². The molecule has 0 aliphatic carbocycles. The van der Waals surface area contributed by atoms with E-state index in [1.165, 1.54) is 0 Å². The van der Waals surface area contributed by atoms with Crippen molar-refractivity contribution in [3.05, 3.63) is 58.6 Å². The van der Waals surface area contributed by atoms with E-state index < -0.39 is 10.0 Å². The van der Waals surface area contributed by atoms with E-state index in [2.05, 4.69) is 18.7 Å². The fraction of sp³-hybridized carbons (Fsp3) is 0.400. The molecule has 0 bridgehead atoms. The van der Waals surface area contributed by atoms with Crippen molar-refractivity contribution in [3.63, 3.8) is 0 Å². The van der Waals surface area contributed by atoms with E-state index >= 15 is 0 Å². The van der Waals surface area contributed by atoms with Crippen molar-refractivity contribution >= 4 is 27.3 Å². The summed E-state index contributed by atoms with van der Waals surface area (Å²) in [6.45, 7) is 8.54. The number of rotatable bonds is 4. The number of aryl methyl sites for hydroxylation is 1. The minimum atomic E-state index is -3.44. The van der Waals surface area contributed by atoms with Gasteiger partial charge in [0.2, 0.25) is 10.0 Å². The monoisotopic (exact) mass is 392 g/mol. The SMILES string of the molecule is Cc1cc(Cl)ccc1N1CCN(S(=O)(=O)c2ccc(C(C)C)cc2)CC1. The van der Waals surface area contributed by atoms with E-state index in [0.717, 1.165) is 21.8 Å². The van der Waals surface area contributed by atoms with Crippen LogP contribution in [0.3, 0.4) is 0 Å². The molecule has 3 rings (SSSR count). The molecule has 4 nitrogen and oxygen atoms in total. The summed E-state index contributed by atoms with van der Waals surface area (Å²) in [5, 5.41) is 0.720. The molecule has 26 heavy (non-hydrogen) atoms. The number of benzene rings is 2. The van der Waals surface area contributed by atoms with E-state index in [9.17, 15) is 8.42 Å². The highest BCUT2D eigenvalue weighted by Gasteiger charge is 2.29. The number of sulfonamides is 1. The molecule has 0 N–H and O–H groups in total. The molecule has 2 aromatic carbocycles. The van der Waals surface area contributed by atoms with Crippen molar-refractivity contribution in [3.8, 4) is 0 Å². The lowest BCUT2D eigenvalue weighted by molar-refractivity contribution is 0.384. The Morgan fingerprint density at radius 1 is 0.962 bits per heavy atom. The van der Waals surface area contributed by atoms with Crippen molar-refractivity contribution in [1.29, 1.82) is 0 Å². The number of piperazine rings is 1. The average molecular weight is 393 g/mol. The summed E-state index contributed by atoms with van der Waals surface area (Å²) in [5.74, 6) is 0.387. The first-order valence-corrected chi connectivity index (χ1v) is 10.7. The summed E-state index contributed by atoms with van der Waals surface area (Å²) in [7, 11) is -3.44. The molecule has 1 saturated heterocycles. The Bertz CT molecular complexity index is 871. The molecule has 6 heteroatoms. The summed E-state index contributed by atoms with van der Waals surface area (Å²) in [6.07, 6.45) is 0. The standard InChI is InChI=1S/C20H25ClN2O2S/c1-15(2)17-4-7-19(8-5-17)26(24,25)23-12-10-22(11-13-23)20-9-6-18(21)14-16(20)3/h4-9,14-15H,10-13H2,1-3H3. The number of hydrogen-bond acceptors (Lipinski definition) is 3. The average Bonchev–Trinajstić information content (AvgIpc) is 2.62. The van der Waals surface area contributed by atoms with Crippen LogP contribution in [0.1, 0.15) is 30.9 Å². The van der Waals surface area contributed by atoms with Crippen LogP contribution in [0, 0.1) is 6.92 Å². The van der Waals surface area contributed by atoms with E-state index in [1.54, 1.807) is 16.4 Å². The number of nitrogens with zero attached hydrogens (tertiary/aromatic N) is 2. The second-order valence-corrected chi connectivity index (χ2v) is 9.42. The third-order valence-electron chi connectivity index (χ3n) is 4.92. The van der Waals surface area contributed by atoms with Gasteiger partial charge in [-0.2, -0.15) is 4.31 Å². The second kappa shape index (κ2) is 7.59. The maximum Gasteiger partial charge on any atom is 0.243 e. The van der Waals surface area contributed by atoms with E-state index in [4.69, 9.17) is 11.6 Å². The molecule has 0 amide bonds. The van der Waals surface area contributed by atoms with Crippen LogP contribution in [0.25, 0.3) is 0 Å². The van der Waals surface area contributed by atoms with Crippen molar-refractivity contribution in [2.45, 2.75) is 31.6 Å². The van der Waals surface area contributed by atoms with Crippen molar-refractivity contribution < 1.29 is 8.42 Å². The van der Waals surface area contributed by atoms with Crippen LogP contribution < -0.4 is 4.90 Å². The normalized spacial score (nSPS) is 16.3. The van der Waals surface area contributed by atoms with Crippen LogP contribution in [0.2, 0.25) is 5.02 Å². The Morgan fingerprint density at radius 2 is 1.58 bits per heavy atom. The summed E-state index contributed by atoms with van der Waals surface area (Å²) in [6, 6.07) is 13.1. The largest absolute Gasteiger partial charge is 0.369 e. The third kappa shape index (κ3) is 3.90. The molecule has 1 aliphatic rings. The molecule has 0 atom stereocenters. The van der Waals surface area contributed by atoms with Crippen LogP contribution in [-0.4, -0.2) is 38.9 Å². The first kappa shape index (κ1) is 19.2. The Morgan fingerprint density at radius 3 is 2.12 bits per heavy atom. The molecule has 1 heterocycles. The summed E-state index contributed by atoms with van der Waals surface area (Å²) in [5.41, 5.74) is 3.37. The lowest BCUT2D eigenvalue weighted by Crippen LogP contribution is -2.48. The molecule has 0 spiro atoms. The van der Waals surface area contributed by atoms with Gasteiger partial charge in [-0.3, -0.25) is 0 Å². The fourth-order valence-corrected chi connectivity index (χ4v) is 4.97. The van der Waals surface area contributed by atoms with E-state index in [1.807, 2.05) is 37.3 Å². The van der Waals surface area contributed by atoms with Crippen molar-refractivity contribution in [1.82, 2.24) is 4.31 Å². The van der Waals surface area contributed by atoms with Crippen LogP contribution in [-0.2, 0) is 10.0 Å². The topological polar surface area (TPSA) is 40.6 Å². The summed E-state index contributed by atoms with van der Waals surface area (Å²) >= 11 is 6.03. The van der Waals surface area contributed by atoms with Gasteiger partial charge in [0.1, 0.15) is 0 Å². The molecule has 2 aromatic rings. The van der Waals surface area contributed by atoms with Crippen molar-refractivity contribution in [2.24, 2.45) is 0 Å². The maximum absolute atomic E-state index is 12.9. The van der Waals surface area contributed by atoms with Crippen molar-refractivity contribution in [2.75, 3.05) is 31.1 Å². The second-order valence-electron chi connectivity index (χ2n) is 7.05. The molecular weight excluding hydrogens is 368 g/mol. The van der Waals surface area contributed by atoms with E-state index in [-0.39, 0.29) is 0 Å². The van der Waals surface area contributed by atoms with Crippen LogP contribution >= 0.6 is 11.6 Å². The van der Waals surface area contributed by atoms with Gasteiger partial charge in [-0.25, -0.2) is 8.42 Å². The van der Waals surface area contributed by atoms with Gasteiger partial charge in [-0.05, 0) is 54.3 Å². The smallest absolute Gasteiger partial charge is 0.243 e. The zero-order valence-corrected chi connectivity index (χ0v) is 17.0. The first-order valence-electron chi connectivity index (χ1n) is 8.90. The Balaban J connectivity index is 1.72. The van der Waals surface area contributed by atoms with Gasteiger partial charge >= 0.3 is 0 Å². The molecule has 0 aromatic heterocycles. The highest BCUT2D eigenvalue weighted by Crippen LogP contribution is 2.26. The highest BCUT2D eigenvalue weighted by molar-refractivity contribution is 7.89. The van der Waals surface area contributed by atoms with Gasteiger partial charge in [-0.15, -0.1) is 0 Å². The van der Waals surface area contributed by atoms with Crippen LogP contribution in [0.15, 0.2) is 47.4 Å². The lowest BCUT2D eigenvalue weighted by atomic mass is 10.0. The molecule has 140 valence electrons. The van der Waals surface area contributed by atoms with Gasteiger partial charge in [0.25, 0.3) is 0 Å². The number of halogens is 1. The Kier molecular flexibility index (Phi) is 5.61. The molecule has 1 aliphatic heterocycles. The quantitative estimate of drug-likeness (QED) is 0.779. The lowest BCUT2D eigenvalue weighted by Gasteiger charge is -2.36. The molecule has 0 saturated carbocycles. The maximum atomic E-state index is 12.9. The number of hydrogen-bond donors (Lipinski definition) is 0. The summed E-state index contributed by atoms with van der Waals surface area (Å²) in [4.78, 5) is 2.59. The van der Waals surface area contributed by atoms with Gasteiger partial charge in [0.05, 0.1) is 4.90 Å². The van der Waals surface area contributed by atoms with Gasteiger partial charge < -0.3 is 4.90 Å². The zero-order chi connectivity index (χ0) is 18.9. The third-order valence-corrected chi connectivity index (χ3v) is 7.07. The predicted octanol–water partition coefficient (Wildman–Crippen LogP) is 4.28. The number of anilines is 1. The minimum Gasteiger partial charge on any atom is -0.369 e. The predicted molar refractivity (Wildman–Crippen MR) is 108 cm³/mol. The Labute approximate surface area is 161 Å². The van der Waals surface area contributed by atoms with Gasteiger partial charge in [0, 0.05) is 36.9 Å². The van der Waals surface area contributed by atoms with E-state index in [0.29, 0.717) is 37.0 Å². The minimum absolute atomic E-state index is 0.373. The molecule has 0 unspecified atom stereocenters. The molecule has 1 fully saturated rings. The van der Waals surface area contributed by atoms with Gasteiger partial charge in [0.15, 0.2) is 0 Å². The molecule has 0 radical (unpaired) electrons. The summed E-state index contributed by atoms with van der Waals surface area (Å²) < 4.78 is 27.4. The molecular formula is C20H25ClN2O2S. The van der Waals surface area contributed by atoms with Crippen LogP contribution in [0.4, 0.5) is 5.69 Å².